The van der Waals surface area contributed by atoms with E-state index in [0.29, 0.717) is 12.1 Å². The summed E-state index contributed by atoms with van der Waals surface area (Å²) in [7, 11) is 0. The highest BCUT2D eigenvalue weighted by atomic mass is 79.9. The number of nitrogens with one attached hydrogen (secondary N) is 1. The number of piperidine rings is 1. The van der Waals surface area contributed by atoms with Crippen LogP contribution in [0.1, 0.15) is 23.2 Å². The van der Waals surface area contributed by atoms with Gasteiger partial charge in [-0.2, -0.15) is 0 Å². The molecule has 1 amide bonds. The summed E-state index contributed by atoms with van der Waals surface area (Å²) in [5, 5.41) is 13.3. The maximum absolute atomic E-state index is 12.2. The summed E-state index contributed by atoms with van der Waals surface area (Å²) in [4.78, 5) is 14.5. The average Bonchev–Trinajstić information content (AvgIpc) is 2.70. The summed E-state index contributed by atoms with van der Waals surface area (Å²) in [6, 6.07) is 17.1. The van der Waals surface area contributed by atoms with E-state index in [-0.39, 0.29) is 18.6 Å². The zero-order chi connectivity index (χ0) is 19.1. The molecule has 6 heteroatoms. The molecule has 1 aliphatic rings. The fourth-order valence-electron chi connectivity index (χ4n) is 3.19. The van der Waals surface area contributed by atoms with Crippen LogP contribution in [0.4, 0.5) is 0 Å². The van der Waals surface area contributed by atoms with Crippen molar-refractivity contribution in [3.8, 4) is 5.75 Å². The predicted octanol–water partition coefficient (Wildman–Crippen LogP) is 3.08. The third kappa shape index (κ3) is 6.34. The fraction of sp³-hybridized carbons (Fsp3) is 0.381. The molecular weight excluding hydrogens is 408 g/mol. The quantitative estimate of drug-likeness (QED) is 0.705. The third-order valence-electron chi connectivity index (χ3n) is 4.68. The highest BCUT2D eigenvalue weighted by Crippen LogP contribution is 2.17. The molecule has 0 radical (unpaired) electrons. The smallest absolute Gasteiger partial charge is 0.251 e. The molecule has 27 heavy (non-hydrogen) atoms. The van der Waals surface area contributed by atoms with Gasteiger partial charge in [-0.1, -0.05) is 34.1 Å². The van der Waals surface area contributed by atoms with E-state index >= 15 is 0 Å². The zero-order valence-corrected chi connectivity index (χ0v) is 16.8. The Bertz CT molecular complexity index is 716. The summed E-state index contributed by atoms with van der Waals surface area (Å²) in [5.74, 6) is 0.733. The molecule has 0 aromatic heterocycles. The Hall–Kier alpha value is -1.89. The van der Waals surface area contributed by atoms with Gasteiger partial charge in [-0.25, -0.2) is 0 Å². The minimum Gasteiger partial charge on any atom is -0.491 e. The second kappa shape index (κ2) is 9.88. The van der Waals surface area contributed by atoms with Crippen LogP contribution >= 0.6 is 15.9 Å². The van der Waals surface area contributed by atoms with Crippen molar-refractivity contribution in [2.24, 2.45) is 0 Å². The van der Waals surface area contributed by atoms with Gasteiger partial charge < -0.3 is 20.1 Å². The van der Waals surface area contributed by atoms with Crippen LogP contribution in [0.5, 0.6) is 5.75 Å². The van der Waals surface area contributed by atoms with Gasteiger partial charge in [0.15, 0.2) is 0 Å². The highest BCUT2D eigenvalue weighted by Gasteiger charge is 2.22. The Labute approximate surface area is 168 Å². The Morgan fingerprint density at radius 3 is 2.48 bits per heavy atom. The number of carbonyl (C=O) groups is 1. The monoisotopic (exact) mass is 432 g/mol. The number of rotatable bonds is 7. The van der Waals surface area contributed by atoms with Crippen molar-refractivity contribution in [1.82, 2.24) is 10.2 Å². The number of halogens is 1. The van der Waals surface area contributed by atoms with Crippen LogP contribution in [0.25, 0.3) is 0 Å². The number of carbonyl (C=O) groups excluding carboxylic acids is 1. The van der Waals surface area contributed by atoms with Crippen molar-refractivity contribution >= 4 is 21.8 Å². The molecule has 3 rings (SSSR count). The van der Waals surface area contributed by atoms with E-state index in [4.69, 9.17) is 4.74 Å². The molecule has 1 heterocycles. The number of hydrogen-bond acceptors (Lipinski definition) is 4. The van der Waals surface area contributed by atoms with E-state index in [1.54, 1.807) is 0 Å². The number of hydrogen-bond donors (Lipinski definition) is 2. The Morgan fingerprint density at radius 1 is 1.15 bits per heavy atom. The standard InChI is InChI=1S/C21H25BrN2O3/c22-17-6-8-20(9-7-17)27-15-19(25)14-24-12-10-18(11-13-24)23-21(26)16-4-2-1-3-5-16/h1-9,18-19,25H,10-15H2,(H,23,26). The number of ether oxygens (including phenoxy) is 1. The summed E-state index contributed by atoms with van der Waals surface area (Å²) in [6.07, 6.45) is 1.24. The molecule has 2 aromatic rings. The SMILES string of the molecule is O=C(NC1CCN(CC(O)COc2ccc(Br)cc2)CC1)c1ccccc1. The van der Waals surface area contributed by atoms with E-state index in [9.17, 15) is 9.90 Å². The van der Waals surface area contributed by atoms with Crippen molar-refractivity contribution in [1.29, 1.82) is 0 Å². The molecule has 144 valence electrons. The van der Waals surface area contributed by atoms with Gasteiger partial charge in [0.25, 0.3) is 5.91 Å². The Balaban J connectivity index is 1.36. The van der Waals surface area contributed by atoms with Gasteiger partial charge in [0.05, 0.1) is 0 Å². The normalized spacial score (nSPS) is 16.7. The van der Waals surface area contributed by atoms with E-state index in [1.165, 1.54) is 0 Å². The molecule has 2 N–H and O–H groups in total. The van der Waals surface area contributed by atoms with Gasteiger partial charge in [0.1, 0.15) is 18.5 Å². The molecule has 1 saturated heterocycles. The molecule has 2 aromatic carbocycles. The third-order valence-corrected chi connectivity index (χ3v) is 5.21. The van der Waals surface area contributed by atoms with Crippen molar-refractivity contribution in [2.75, 3.05) is 26.2 Å². The fourth-order valence-corrected chi connectivity index (χ4v) is 3.46. The van der Waals surface area contributed by atoms with Crippen LogP contribution < -0.4 is 10.1 Å². The largest absolute Gasteiger partial charge is 0.491 e. The summed E-state index contributed by atoms with van der Waals surface area (Å²) in [6.45, 7) is 2.56. The maximum Gasteiger partial charge on any atom is 0.251 e. The number of likely N-dealkylation sites (tertiary alicyclic amines) is 1. The predicted molar refractivity (Wildman–Crippen MR) is 109 cm³/mol. The second-order valence-corrected chi connectivity index (χ2v) is 7.75. The number of β-amino-alcohol motifs (C(OH)–C–C–N with tert-alkyl or cyclic N) is 1. The Kier molecular flexibility index (Phi) is 7.26. The lowest BCUT2D eigenvalue weighted by molar-refractivity contribution is 0.0568. The van der Waals surface area contributed by atoms with Crippen LogP contribution in [0.2, 0.25) is 0 Å². The molecule has 0 bridgehead atoms. The molecule has 5 nitrogen and oxygen atoms in total. The van der Waals surface area contributed by atoms with E-state index in [2.05, 4.69) is 26.1 Å². The van der Waals surface area contributed by atoms with Gasteiger partial charge >= 0.3 is 0 Å². The summed E-state index contributed by atoms with van der Waals surface area (Å²) in [5.41, 5.74) is 0.695. The van der Waals surface area contributed by atoms with Crippen LogP contribution in [-0.2, 0) is 0 Å². The molecule has 0 saturated carbocycles. The molecule has 0 aliphatic carbocycles. The van der Waals surface area contributed by atoms with Crippen LogP contribution in [-0.4, -0.2) is 54.3 Å². The summed E-state index contributed by atoms with van der Waals surface area (Å²) < 4.78 is 6.63. The molecule has 1 unspecified atom stereocenters. The van der Waals surface area contributed by atoms with Crippen molar-refractivity contribution in [3.05, 3.63) is 64.6 Å². The van der Waals surface area contributed by atoms with Gasteiger partial charge in [0.2, 0.25) is 0 Å². The molecular formula is C21H25BrN2O3. The number of aliphatic hydroxyl groups is 1. The molecule has 1 fully saturated rings. The number of benzene rings is 2. The van der Waals surface area contributed by atoms with Crippen LogP contribution in [0.3, 0.4) is 0 Å². The summed E-state index contributed by atoms with van der Waals surface area (Å²) >= 11 is 3.39. The first kappa shape index (κ1) is 19.9. The number of nitrogens with zero attached hydrogens (tertiary/aromatic N) is 1. The molecule has 1 atom stereocenters. The maximum atomic E-state index is 12.2. The first-order chi connectivity index (χ1) is 13.1. The van der Waals surface area contributed by atoms with Gasteiger partial charge in [-0.3, -0.25) is 4.79 Å². The van der Waals surface area contributed by atoms with E-state index in [0.717, 1.165) is 36.2 Å². The highest BCUT2D eigenvalue weighted by molar-refractivity contribution is 9.10. The second-order valence-electron chi connectivity index (χ2n) is 6.83. The van der Waals surface area contributed by atoms with E-state index in [1.807, 2.05) is 54.6 Å². The van der Waals surface area contributed by atoms with Crippen molar-refractivity contribution < 1.29 is 14.6 Å². The average molecular weight is 433 g/mol. The van der Waals surface area contributed by atoms with E-state index < -0.39 is 6.10 Å². The zero-order valence-electron chi connectivity index (χ0n) is 15.2. The molecule has 0 spiro atoms. The number of amides is 1. The first-order valence-corrected chi connectivity index (χ1v) is 10.0. The minimum atomic E-state index is -0.538. The lowest BCUT2D eigenvalue weighted by atomic mass is 10.0. The Morgan fingerprint density at radius 2 is 1.81 bits per heavy atom. The van der Waals surface area contributed by atoms with Gasteiger partial charge in [-0.15, -0.1) is 0 Å². The first-order valence-electron chi connectivity index (χ1n) is 9.25. The van der Waals surface area contributed by atoms with Crippen molar-refractivity contribution in [2.45, 2.75) is 25.0 Å². The minimum absolute atomic E-state index is 0.0167. The van der Waals surface area contributed by atoms with Crippen LogP contribution in [0, 0.1) is 0 Å². The van der Waals surface area contributed by atoms with Crippen LogP contribution in [0.15, 0.2) is 59.1 Å². The molecule has 1 aliphatic heterocycles. The number of aliphatic hydroxyl groups excluding tert-OH is 1. The topological polar surface area (TPSA) is 61.8 Å². The lowest BCUT2D eigenvalue weighted by Crippen LogP contribution is -2.47. The van der Waals surface area contributed by atoms with Crippen molar-refractivity contribution in [3.63, 3.8) is 0 Å². The lowest BCUT2D eigenvalue weighted by Gasteiger charge is -2.33. The van der Waals surface area contributed by atoms with Gasteiger partial charge in [0, 0.05) is 35.7 Å². The van der Waals surface area contributed by atoms with Gasteiger partial charge in [-0.05, 0) is 49.2 Å².